The van der Waals surface area contributed by atoms with Crippen LogP contribution < -0.4 is 22.1 Å². The smallest absolute Gasteiger partial charge is 0.405 e. The van der Waals surface area contributed by atoms with Crippen molar-refractivity contribution in [3.8, 4) is 0 Å². The molecule has 0 saturated heterocycles. The summed E-state index contributed by atoms with van der Waals surface area (Å²) in [6, 6.07) is 15.6. The zero-order chi connectivity index (χ0) is 15.8. The van der Waals surface area contributed by atoms with Gasteiger partial charge in [0.05, 0.1) is 0 Å². The molecule has 22 heavy (non-hydrogen) atoms. The minimum absolute atomic E-state index is 0.789. The number of nitrogens with two attached hydrogens (primary N) is 2. The highest BCUT2D eigenvalue weighted by atomic mass is 31.1. The van der Waals surface area contributed by atoms with Crippen molar-refractivity contribution in [1.29, 1.82) is 0 Å². The third-order valence-electron chi connectivity index (χ3n) is 3.32. The van der Waals surface area contributed by atoms with E-state index in [1.807, 2.05) is 60.7 Å². The molecule has 2 aromatic rings. The van der Waals surface area contributed by atoms with Gasteiger partial charge >= 0.3 is 7.80 Å². The lowest BCUT2D eigenvalue weighted by Gasteiger charge is -1.97. The number of hydrogen-bond donors (Lipinski definition) is 2. The molecule has 0 fully saturated rings. The van der Waals surface area contributed by atoms with E-state index in [4.69, 9.17) is 11.5 Å². The maximum absolute atomic E-state index is 12.6. The van der Waals surface area contributed by atoms with Crippen molar-refractivity contribution in [1.82, 2.24) is 0 Å². The van der Waals surface area contributed by atoms with Crippen LogP contribution in [0.5, 0.6) is 0 Å². The minimum atomic E-state index is -1.56. The van der Waals surface area contributed by atoms with Crippen molar-refractivity contribution < 1.29 is 4.57 Å². The first-order chi connectivity index (χ1) is 10.7. The fourth-order valence-corrected chi connectivity index (χ4v) is 3.23. The summed E-state index contributed by atoms with van der Waals surface area (Å²) in [5, 5.41) is 1.68. The molecular formula is C18H20N2OP+. The summed E-state index contributed by atoms with van der Waals surface area (Å²) < 4.78 is 12.6. The van der Waals surface area contributed by atoms with Crippen LogP contribution in [0.15, 0.2) is 73.1 Å². The topological polar surface area (TPSA) is 69.1 Å². The molecule has 4 N–H and O–H groups in total. The van der Waals surface area contributed by atoms with Gasteiger partial charge in [0.1, 0.15) is 0 Å². The van der Waals surface area contributed by atoms with E-state index in [2.05, 4.69) is 0 Å². The van der Waals surface area contributed by atoms with Crippen LogP contribution in [-0.2, 0) is 17.4 Å². The predicted molar refractivity (Wildman–Crippen MR) is 93.8 cm³/mol. The second-order valence-electron chi connectivity index (χ2n) is 4.89. The Morgan fingerprint density at radius 2 is 1.09 bits per heavy atom. The Morgan fingerprint density at radius 1 is 0.727 bits per heavy atom. The van der Waals surface area contributed by atoms with E-state index in [1.165, 1.54) is 12.4 Å². The van der Waals surface area contributed by atoms with E-state index in [1.54, 1.807) is 0 Å². The molecule has 2 aromatic carbocycles. The first-order valence-electron chi connectivity index (χ1n) is 7.13. The van der Waals surface area contributed by atoms with Crippen molar-refractivity contribution in [2.45, 2.75) is 12.8 Å². The van der Waals surface area contributed by atoms with Gasteiger partial charge in [0.25, 0.3) is 0 Å². The summed E-state index contributed by atoms with van der Waals surface area (Å²) in [5.74, 6) is 0. The van der Waals surface area contributed by atoms with Gasteiger partial charge in [0.2, 0.25) is 0 Å². The van der Waals surface area contributed by atoms with Gasteiger partial charge in [0.15, 0.2) is 10.6 Å². The maximum Gasteiger partial charge on any atom is 0.415 e. The van der Waals surface area contributed by atoms with Crippen molar-refractivity contribution >= 4 is 18.4 Å². The molecule has 3 nitrogen and oxygen atoms in total. The molecule has 0 atom stereocenters. The first-order valence-corrected chi connectivity index (χ1v) is 8.39. The van der Waals surface area contributed by atoms with Crippen molar-refractivity contribution in [2.24, 2.45) is 11.5 Å². The van der Waals surface area contributed by atoms with Crippen molar-refractivity contribution in [3.63, 3.8) is 0 Å². The highest BCUT2D eigenvalue weighted by molar-refractivity contribution is 7.61. The number of benzene rings is 2. The average Bonchev–Trinajstić information content (AvgIpc) is 2.58. The Kier molecular flexibility index (Phi) is 5.93. The third kappa shape index (κ3) is 4.31. The van der Waals surface area contributed by atoms with Crippen molar-refractivity contribution in [2.75, 3.05) is 0 Å². The van der Waals surface area contributed by atoms with Gasteiger partial charge in [-0.05, 0) is 60.6 Å². The summed E-state index contributed by atoms with van der Waals surface area (Å²) in [7, 11) is -1.56. The van der Waals surface area contributed by atoms with Crippen LogP contribution >= 0.6 is 7.80 Å². The lowest BCUT2D eigenvalue weighted by molar-refractivity contribution is 0.598. The monoisotopic (exact) mass is 311 g/mol. The molecule has 4 heteroatoms. The lowest BCUT2D eigenvalue weighted by atomic mass is 10.1. The van der Waals surface area contributed by atoms with Crippen LogP contribution in [0.3, 0.4) is 0 Å². The number of hydrogen-bond acceptors (Lipinski definition) is 3. The highest BCUT2D eigenvalue weighted by Gasteiger charge is 2.22. The van der Waals surface area contributed by atoms with E-state index < -0.39 is 7.80 Å². The van der Waals surface area contributed by atoms with Gasteiger partial charge in [-0.1, -0.05) is 41.0 Å². The molecule has 0 heterocycles. The Morgan fingerprint density at radius 3 is 1.41 bits per heavy atom. The Bertz CT molecular complexity index is 614. The summed E-state index contributed by atoms with van der Waals surface area (Å²) in [6.45, 7) is 0. The molecule has 0 saturated carbocycles. The Labute approximate surface area is 132 Å². The minimum Gasteiger partial charge on any atom is -0.405 e. The first kappa shape index (κ1) is 16.0. The normalized spacial score (nSPS) is 11.3. The van der Waals surface area contributed by atoms with Crippen LogP contribution in [-0.4, -0.2) is 0 Å². The third-order valence-corrected chi connectivity index (χ3v) is 4.86. The molecule has 0 spiro atoms. The largest absolute Gasteiger partial charge is 0.415 e. The van der Waals surface area contributed by atoms with E-state index in [-0.39, 0.29) is 0 Å². The van der Waals surface area contributed by atoms with Crippen LogP contribution in [0, 0.1) is 0 Å². The zero-order valence-electron chi connectivity index (χ0n) is 12.4. The van der Waals surface area contributed by atoms with Crippen LogP contribution in [0.4, 0.5) is 0 Å². The maximum atomic E-state index is 12.6. The SMILES string of the molecule is N/C=C/Cc1ccc([P+](=O)c2ccc(C/C=C/N)cc2)cc1. The zero-order valence-corrected chi connectivity index (χ0v) is 13.2. The van der Waals surface area contributed by atoms with Gasteiger partial charge in [-0.3, -0.25) is 0 Å². The predicted octanol–water partition coefficient (Wildman–Crippen LogP) is 2.49. The molecule has 0 aromatic heterocycles. The number of allylic oxidation sites excluding steroid dienone is 2. The van der Waals surface area contributed by atoms with E-state index in [9.17, 15) is 4.57 Å². The van der Waals surface area contributed by atoms with E-state index in [0.717, 1.165) is 34.6 Å². The Hall–Kier alpha value is -2.38. The van der Waals surface area contributed by atoms with Gasteiger partial charge in [-0.25, -0.2) is 0 Å². The lowest BCUT2D eigenvalue weighted by Crippen LogP contribution is -2.06. The molecule has 112 valence electrons. The Balaban J connectivity index is 2.10. The number of rotatable bonds is 6. The van der Waals surface area contributed by atoms with Gasteiger partial charge < -0.3 is 11.5 Å². The summed E-state index contributed by atoms with van der Waals surface area (Å²) in [5.41, 5.74) is 13.0. The molecule has 0 amide bonds. The fourth-order valence-electron chi connectivity index (χ4n) is 2.09. The van der Waals surface area contributed by atoms with Gasteiger partial charge in [-0.15, -0.1) is 0 Å². The van der Waals surface area contributed by atoms with Crippen LogP contribution in [0.1, 0.15) is 11.1 Å². The summed E-state index contributed by atoms with van der Waals surface area (Å²) in [6.07, 6.45) is 8.44. The molecule has 0 radical (unpaired) electrons. The second kappa shape index (κ2) is 8.16. The average molecular weight is 311 g/mol. The fraction of sp³-hybridized carbons (Fsp3) is 0.111. The molecule has 0 unspecified atom stereocenters. The van der Waals surface area contributed by atoms with E-state index in [0.29, 0.717) is 0 Å². The van der Waals surface area contributed by atoms with Crippen LogP contribution in [0.2, 0.25) is 0 Å². The summed E-state index contributed by atoms with van der Waals surface area (Å²) >= 11 is 0. The quantitative estimate of drug-likeness (QED) is 0.805. The van der Waals surface area contributed by atoms with Crippen molar-refractivity contribution in [3.05, 3.63) is 84.2 Å². The van der Waals surface area contributed by atoms with Crippen LogP contribution in [0.25, 0.3) is 0 Å². The van der Waals surface area contributed by atoms with Gasteiger partial charge in [0, 0.05) is 0 Å². The molecule has 0 aliphatic rings. The summed E-state index contributed by atoms with van der Waals surface area (Å²) in [4.78, 5) is 0. The molecule has 0 aliphatic carbocycles. The molecular weight excluding hydrogens is 291 g/mol. The molecule has 2 rings (SSSR count). The van der Waals surface area contributed by atoms with Gasteiger partial charge in [-0.2, -0.15) is 0 Å². The standard InChI is InChI=1S/C18H20N2OP/c19-13-1-3-15-5-9-17(10-6-15)22(21)18-11-7-16(8-12-18)4-2-14-20/h1-2,5-14H,3-4,19-20H2/q+1/b13-1+,14-2+. The second-order valence-corrected chi connectivity index (χ2v) is 6.51. The highest BCUT2D eigenvalue weighted by Crippen LogP contribution is 2.20. The molecule has 0 bridgehead atoms. The molecule has 0 aliphatic heterocycles. The van der Waals surface area contributed by atoms with E-state index >= 15 is 0 Å².